The highest BCUT2D eigenvalue weighted by atomic mass is 16.6. The summed E-state index contributed by atoms with van der Waals surface area (Å²) in [6, 6.07) is 7.54. The molecule has 1 aromatic carbocycles. The highest BCUT2D eigenvalue weighted by molar-refractivity contribution is 5.92. The Morgan fingerprint density at radius 3 is 2.51 bits per heavy atom. The van der Waals surface area contributed by atoms with Gasteiger partial charge in [0.2, 0.25) is 11.5 Å². The average molecular weight is 594 g/mol. The third-order valence-corrected chi connectivity index (χ3v) is 7.93. The summed E-state index contributed by atoms with van der Waals surface area (Å²) in [6.45, 7) is 7.69. The number of fused-ring (bicyclic) bond motifs is 4. The molecule has 1 unspecified atom stereocenters. The van der Waals surface area contributed by atoms with Crippen LogP contribution in [0.15, 0.2) is 36.4 Å². The van der Waals surface area contributed by atoms with Gasteiger partial charge >= 0.3 is 5.97 Å². The van der Waals surface area contributed by atoms with Crippen LogP contribution in [0.2, 0.25) is 0 Å². The van der Waals surface area contributed by atoms with E-state index < -0.39 is 53.5 Å². The van der Waals surface area contributed by atoms with Crippen LogP contribution in [-0.2, 0) is 33.4 Å². The first-order valence-corrected chi connectivity index (χ1v) is 14.8. The second-order valence-electron chi connectivity index (χ2n) is 11.7. The molecule has 43 heavy (non-hydrogen) atoms. The molecule has 0 saturated carbocycles. The predicted molar refractivity (Wildman–Crippen MR) is 157 cm³/mol. The first-order valence-electron chi connectivity index (χ1n) is 14.8. The fourth-order valence-corrected chi connectivity index (χ4v) is 5.38. The van der Waals surface area contributed by atoms with Crippen molar-refractivity contribution in [3.8, 4) is 0 Å². The fourth-order valence-electron chi connectivity index (χ4n) is 5.38. The lowest BCUT2D eigenvalue weighted by molar-refractivity contribution is -0.195. The maximum absolute atomic E-state index is 13.6. The van der Waals surface area contributed by atoms with Crippen LogP contribution in [-0.4, -0.2) is 83.8 Å². The maximum Gasteiger partial charge on any atom is 0.345 e. The minimum absolute atomic E-state index is 0.0847. The summed E-state index contributed by atoms with van der Waals surface area (Å²) in [5, 5.41) is 7.97. The lowest BCUT2D eigenvalue weighted by Gasteiger charge is -2.36. The van der Waals surface area contributed by atoms with Gasteiger partial charge in [-0.15, -0.1) is 0 Å². The molecule has 3 N–H and O–H groups in total. The molecule has 3 aliphatic rings. The standard InChI is InChI=1S/C31H39N5O7/c1-18(2)26-28(38)33-20(4)29(39)36-13-5-6-24(35-36)27(37)32-19(3)23-10-9-22-8-7-21(16-25(22)34-23)11-12-31(30(40)43-26)17-41-14-15-42-31/h7-12,16,18-20,24,26,35H,5-6,13-15,17H2,1-4H3,(H,32,37)(H,33,38)/b12-11+/t19-,20+,24+,26+,31?/m1/s1. The summed E-state index contributed by atoms with van der Waals surface area (Å²) in [6.07, 6.45) is 3.29. The van der Waals surface area contributed by atoms with Gasteiger partial charge in [0.15, 0.2) is 6.10 Å². The summed E-state index contributed by atoms with van der Waals surface area (Å²) < 4.78 is 17.3. The van der Waals surface area contributed by atoms with Crippen molar-refractivity contribution in [2.75, 3.05) is 26.4 Å². The number of hydrazine groups is 1. The predicted octanol–water partition coefficient (Wildman–Crippen LogP) is 1.79. The van der Waals surface area contributed by atoms with Crippen LogP contribution in [0.3, 0.4) is 0 Å². The Labute approximate surface area is 250 Å². The van der Waals surface area contributed by atoms with Crippen LogP contribution in [0.5, 0.6) is 0 Å². The minimum atomic E-state index is -1.57. The van der Waals surface area contributed by atoms with Crippen LogP contribution < -0.4 is 16.1 Å². The summed E-state index contributed by atoms with van der Waals surface area (Å²) in [5.41, 5.74) is 3.60. The van der Waals surface area contributed by atoms with Crippen LogP contribution in [0.25, 0.3) is 17.0 Å². The molecular weight excluding hydrogens is 554 g/mol. The number of carbonyl (C=O) groups is 4. The maximum atomic E-state index is 13.6. The smallest absolute Gasteiger partial charge is 0.345 e. The number of cyclic esters (lactones) is 1. The van der Waals surface area contributed by atoms with E-state index in [0.29, 0.717) is 37.2 Å². The van der Waals surface area contributed by atoms with Crippen LogP contribution in [0.1, 0.15) is 57.8 Å². The zero-order chi connectivity index (χ0) is 30.7. The van der Waals surface area contributed by atoms with E-state index in [1.165, 1.54) is 5.01 Å². The number of nitrogens with zero attached hydrogens (tertiary/aromatic N) is 2. The van der Waals surface area contributed by atoms with Gasteiger partial charge in [0.1, 0.15) is 12.1 Å². The number of esters is 1. The summed E-state index contributed by atoms with van der Waals surface area (Å²) in [4.78, 5) is 58.3. The van der Waals surface area contributed by atoms with E-state index in [-0.39, 0.29) is 19.1 Å². The second-order valence-corrected chi connectivity index (χ2v) is 11.7. The number of hydrogen-bond acceptors (Lipinski definition) is 9. The topological polar surface area (TPSA) is 148 Å². The van der Waals surface area contributed by atoms with Crippen molar-refractivity contribution in [2.24, 2.45) is 5.92 Å². The van der Waals surface area contributed by atoms with E-state index in [9.17, 15) is 19.2 Å². The van der Waals surface area contributed by atoms with Gasteiger partial charge in [-0.05, 0) is 56.4 Å². The summed E-state index contributed by atoms with van der Waals surface area (Å²) >= 11 is 0. The van der Waals surface area contributed by atoms with Gasteiger partial charge in [-0.2, -0.15) is 0 Å². The SMILES string of the molecule is CC(C)[C@@H]1OC(=O)C2(/C=C/c3ccc4ccc(nc4c3)[C@@H](C)NC(=O)[C@@H]3CCCN(N3)C(=O)[C@H](C)NC1=O)COCCO2. The van der Waals surface area contributed by atoms with E-state index in [1.807, 2.05) is 37.3 Å². The van der Waals surface area contributed by atoms with Crippen molar-refractivity contribution < 1.29 is 33.4 Å². The Balaban J connectivity index is 1.53. The molecule has 12 heteroatoms. The molecule has 2 saturated heterocycles. The molecule has 12 nitrogen and oxygen atoms in total. The van der Waals surface area contributed by atoms with E-state index in [0.717, 1.165) is 10.9 Å². The zero-order valence-electron chi connectivity index (χ0n) is 24.9. The largest absolute Gasteiger partial charge is 0.450 e. The molecule has 1 aromatic heterocycles. The first-order chi connectivity index (χ1) is 20.6. The Morgan fingerprint density at radius 1 is 1.00 bits per heavy atom. The number of nitrogens with one attached hydrogen (secondary N) is 3. The van der Waals surface area contributed by atoms with E-state index in [2.05, 4.69) is 16.1 Å². The molecular formula is C31H39N5O7. The molecule has 3 amide bonds. The highest BCUT2D eigenvalue weighted by Gasteiger charge is 2.44. The Kier molecular flexibility index (Phi) is 9.09. The van der Waals surface area contributed by atoms with Gasteiger partial charge < -0.3 is 24.8 Å². The van der Waals surface area contributed by atoms with E-state index in [1.54, 1.807) is 32.9 Å². The van der Waals surface area contributed by atoms with Gasteiger partial charge in [0.25, 0.3) is 11.8 Å². The first kappa shape index (κ1) is 30.6. The van der Waals surface area contributed by atoms with Gasteiger partial charge in [0, 0.05) is 11.9 Å². The third kappa shape index (κ3) is 6.71. The van der Waals surface area contributed by atoms with Crippen molar-refractivity contribution >= 4 is 40.7 Å². The molecule has 0 aliphatic carbocycles. The number of hydrogen-bond donors (Lipinski definition) is 3. The van der Waals surface area contributed by atoms with Crippen molar-refractivity contribution in [3.05, 3.63) is 47.7 Å². The molecule has 3 aliphatic heterocycles. The van der Waals surface area contributed by atoms with E-state index in [4.69, 9.17) is 19.2 Å². The number of pyridine rings is 1. The van der Waals surface area contributed by atoms with Crippen LogP contribution in [0, 0.1) is 5.92 Å². The fraction of sp³-hybridized carbons (Fsp3) is 0.516. The number of aromatic nitrogens is 1. The lowest BCUT2D eigenvalue weighted by Crippen LogP contribution is -2.61. The lowest BCUT2D eigenvalue weighted by atomic mass is 10.0. The molecule has 5 rings (SSSR count). The molecule has 5 bridgehead atoms. The van der Waals surface area contributed by atoms with Crippen molar-refractivity contribution in [3.63, 3.8) is 0 Å². The molecule has 5 atom stereocenters. The summed E-state index contributed by atoms with van der Waals surface area (Å²) in [5.74, 6) is -2.43. The number of benzene rings is 1. The highest BCUT2D eigenvalue weighted by Crippen LogP contribution is 2.25. The second kappa shape index (κ2) is 12.8. The summed E-state index contributed by atoms with van der Waals surface area (Å²) in [7, 11) is 0. The average Bonchev–Trinajstić information content (AvgIpc) is 3.01. The Hall–Kier alpha value is -3.87. The molecule has 230 valence electrons. The number of rotatable bonds is 1. The molecule has 0 radical (unpaired) electrons. The number of carbonyl (C=O) groups excluding carboxylic acids is 4. The monoisotopic (exact) mass is 593 g/mol. The zero-order valence-corrected chi connectivity index (χ0v) is 24.9. The molecule has 1 spiro atoms. The van der Waals surface area contributed by atoms with Gasteiger partial charge in [0.05, 0.1) is 37.1 Å². The van der Waals surface area contributed by atoms with Crippen LogP contribution in [0.4, 0.5) is 0 Å². The van der Waals surface area contributed by atoms with Gasteiger partial charge in [-0.3, -0.25) is 24.4 Å². The van der Waals surface area contributed by atoms with Gasteiger partial charge in [-0.25, -0.2) is 10.2 Å². The molecule has 2 fully saturated rings. The van der Waals surface area contributed by atoms with Crippen molar-refractivity contribution in [1.82, 2.24) is 26.1 Å². The number of amides is 3. The third-order valence-electron chi connectivity index (χ3n) is 7.93. The molecule has 4 heterocycles. The van der Waals surface area contributed by atoms with Gasteiger partial charge in [-0.1, -0.05) is 38.1 Å². The van der Waals surface area contributed by atoms with Crippen LogP contribution >= 0.6 is 0 Å². The quantitative estimate of drug-likeness (QED) is 0.421. The van der Waals surface area contributed by atoms with E-state index >= 15 is 0 Å². The molecule has 2 aromatic rings. The van der Waals surface area contributed by atoms with Crippen molar-refractivity contribution in [2.45, 2.75) is 70.4 Å². The van der Waals surface area contributed by atoms with Crippen molar-refractivity contribution in [1.29, 1.82) is 0 Å². The Bertz CT molecular complexity index is 1420. The Morgan fingerprint density at radius 2 is 1.77 bits per heavy atom. The normalized spacial score (nSPS) is 30.2. The minimum Gasteiger partial charge on any atom is -0.450 e. The number of ether oxygens (including phenoxy) is 3.